The normalized spacial score (nSPS) is 46.9. The van der Waals surface area contributed by atoms with Crippen molar-refractivity contribution in [1.82, 2.24) is 0 Å². The summed E-state index contributed by atoms with van der Waals surface area (Å²) in [5.74, 6) is -1.11. The van der Waals surface area contributed by atoms with Gasteiger partial charge in [-0.2, -0.15) is 0 Å². The summed E-state index contributed by atoms with van der Waals surface area (Å²) in [5, 5.41) is 0. The Kier molecular flexibility index (Phi) is 3.13. The van der Waals surface area contributed by atoms with Crippen molar-refractivity contribution in [3.8, 4) is 0 Å². The molecule has 3 rings (SSSR count). The van der Waals surface area contributed by atoms with Gasteiger partial charge in [-0.15, -0.1) is 0 Å². The highest BCUT2D eigenvalue weighted by molar-refractivity contribution is 9.09. The molecule has 0 aromatic heterocycles. The highest BCUT2D eigenvalue weighted by Gasteiger charge is 2.55. The lowest BCUT2D eigenvalue weighted by atomic mass is 9.97. The fourth-order valence-corrected chi connectivity index (χ4v) is 3.64. The second kappa shape index (κ2) is 4.30. The third kappa shape index (κ3) is 2.17. The molecule has 102 valence electrons. The number of halogens is 1. The van der Waals surface area contributed by atoms with E-state index >= 15 is 0 Å². The minimum absolute atomic E-state index is 0.0999. The predicted molar refractivity (Wildman–Crippen MR) is 72.6 cm³/mol. The van der Waals surface area contributed by atoms with Gasteiger partial charge in [-0.1, -0.05) is 22.0 Å². The Bertz CT molecular complexity index is 360. The molecule has 3 atom stereocenters. The predicted octanol–water partition coefficient (Wildman–Crippen LogP) is 3.52. The number of rotatable bonds is 0. The van der Waals surface area contributed by atoms with Crippen LogP contribution in [0, 0.1) is 0 Å². The number of alkyl halides is 1. The van der Waals surface area contributed by atoms with Crippen molar-refractivity contribution in [3.63, 3.8) is 0 Å². The van der Waals surface area contributed by atoms with E-state index in [-0.39, 0.29) is 10.4 Å². The number of hydrogen-bond acceptors (Lipinski definition) is 3. The third-order valence-corrected chi connectivity index (χ3v) is 5.08. The third-order valence-electron chi connectivity index (χ3n) is 4.08. The first-order chi connectivity index (χ1) is 8.46. The molecule has 3 nitrogen and oxygen atoms in total. The van der Waals surface area contributed by atoms with Gasteiger partial charge in [0.15, 0.2) is 11.6 Å². The first-order valence-electron chi connectivity index (χ1n) is 6.83. The fourth-order valence-electron chi connectivity index (χ4n) is 3.07. The van der Waals surface area contributed by atoms with Gasteiger partial charge in [-0.3, -0.25) is 0 Å². The Morgan fingerprint density at radius 1 is 1.11 bits per heavy atom. The van der Waals surface area contributed by atoms with Crippen LogP contribution in [0.25, 0.3) is 0 Å². The van der Waals surface area contributed by atoms with Crippen LogP contribution >= 0.6 is 15.9 Å². The van der Waals surface area contributed by atoms with E-state index in [1.807, 2.05) is 0 Å². The lowest BCUT2D eigenvalue weighted by molar-refractivity contribution is -0.352. The first-order valence-corrected chi connectivity index (χ1v) is 7.75. The highest BCUT2D eigenvalue weighted by atomic mass is 79.9. The SMILES string of the molecule is CC1(C)CC[C@@]2(O1)O[C@]1(C=C[C@H]2Br)CCCCO1. The minimum Gasteiger partial charge on any atom is -0.346 e. The molecule has 0 aromatic rings. The molecule has 3 aliphatic heterocycles. The van der Waals surface area contributed by atoms with Crippen LogP contribution in [-0.2, 0) is 14.2 Å². The van der Waals surface area contributed by atoms with E-state index in [9.17, 15) is 0 Å². The molecule has 4 heteroatoms. The van der Waals surface area contributed by atoms with Crippen LogP contribution in [-0.4, -0.2) is 28.6 Å². The number of hydrogen-bond donors (Lipinski definition) is 0. The molecule has 18 heavy (non-hydrogen) atoms. The van der Waals surface area contributed by atoms with Gasteiger partial charge in [0.05, 0.1) is 17.0 Å². The van der Waals surface area contributed by atoms with E-state index < -0.39 is 11.6 Å². The van der Waals surface area contributed by atoms with Crippen LogP contribution in [0.4, 0.5) is 0 Å². The summed E-state index contributed by atoms with van der Waals surface area (Å²) >= 11 is 3.68. The topological polar surface area (TPSA) is 27.7 Å². The summed E-state index contributed by atoms with van der Waals surface area (Å²) in [6, 6.07) is 0. The van der Waals surface area contributed by atoms with Gasteiger partial charge in [-0.05, 0) is 39.2 Å². The summed E-state index contributed by atoms with van der Waals surface area (Å²) in [5.41, 5.74) is -0.118. The monoisotopic (exact) mass is 316 g/mol. The van der Waals surface area contributed by atoms with Gasteiger partial charge in [0.1, 0.15) is 0 Å². The summed E-state index contributed by atoms with van der Waals surface area (Å²) in [6.07, 6.45) is 9.31. The zero-order valence-electron chi connectivity index (χ0n) is 11.1. The van der Waals surface area contributed by atoms with Gasteiger partial charge in [0.25, 0.3) is 0 Å². The standard InChI is InChI=1S/C14H21BrO3/c1-12(2)8-9-14(17-12)11(15)5-7-13(18-14)6-3-4-10-16-13/h5,7,11H,3-4,6,8-10H2,1-2H3/t11-,13+,14-/m1/s1. The smallest absolute Gasteiger partial charge is 0.191 e. The number of ether oxygens (including phenoxy) is 3. The van der Waals surface area contributed by atoms with E-state index in [1.165, 1.54) is 0 Å². The molecule has 0 aliphatic carbocycles. The maximum absolute atomic E-state index is 6.33. The average Bonchev–Trinajstić information content (AvgIpc) is 2.63. The van der Waals surface area contributed by atoms with Crippen molar-refractivity contribution < 1.29 is 14.2 Å². The molecular formula is C14H21BrO3. The molecule has 0 aromatic carbocycles. The Morgan fingerprint density at radius 3 is 2.56 bits per heavy atom. The van der Waals surface area contributed by atoms with Gasteiger partial charge < -0.3 is 14.2 Å². The van der Waals surface area contributed by atoms with Crippen LogP contribution in [0.2, 0.25) is 0 Å². The molecular weight excluding hydrogens is 296 g/mol. The van der Waals surface area contributed by atoms with Crippen molar-refractivity contribution in [1.29, 1.82) is 0 Å². The summed E-state index contributed by atoms with van der Waals surface area (Å²) in [4.78, 5) is 0.0999. The largest absolute Gasteiger partial charge is 0.346 e. The molecule has 0 N–H and O–H groups in total. The Hall–Kier alpha value is 0.1000. The molecule has 0 unspecified atom stereocenters. The van der Waals surface area contributed by atoms with Crippen LogP contribution in [0.5, 0.6) is 0 Å². The molecule has 0 radical (unpaired) electrons. The van der Waals surface area contributed by atoms with Gasteiger partial charge in [-0.25, -0.2) is 0 Å². The highest BCUT2D eigenvalue weighted by Crippen LogP contribution is 2.49. The van der Waals surface area contributed by atoms with Crippen molar-refractivity contribution in [2.45, 2.75) is 68.0 Å². The summed E-state index contributed by atoms with van der Waals surface area (Å²) in [7, 11) is 0. The van der Waals surface area contributed by atoms with Crippen LogP contribution in [0.3, 0.4) is 0 Å². The molecule has 3 heterocycles. The molecule has 0 bridgehead atoms. The van der Waals surface area contributed by atoms with E-state index in [2.05, 4.69) is 41.9 Å². The Morgan fingerprint density at radius 2 is 1.94 bits per heavy atom. The first kappa shape index (κ1) is 13.1. The van der Waals surface area contributed by atoms with E-state index in [0.29, 0.717) is 0 Å². The molecule has 2 fully saturated rings. The van der Waals surface area contributed by atoms with E-state index in [4.69, 9.17) is 14.2 Å². The summed E-state index contributed by atoms with van der Waals surface area (Å²) < 4.78 is 18.4. The zero-order valence-corrected chi connectivity index (χ0v) is 12.7. The van der Waals surface area contributed by atoms with Crippen molar-refractivity contribution in [2.75, 3.05) is 6.61 Å². The molecule has 3 aliphatic rings. The van der Waals surface area contributed by atoms with E-state index in [0.717, 1.165) is 38.7 Å². The van der Waals surface area contributed by atoms with Crippen LogP contribution in [0.15, 0.2) is 12.2 Å². The lowest BCUT2D eigenvalue weighted by Gasteiger charge is -2.47. The van der Waals surface area contributed by atoms with Gasteiger partial charge >= 0.3 is 0 Å². The van der Waals surface area contributed by atoms with Crippen LogP contribution < -0.4 is 0 Å². The van der Waals surface area contributed by atoms with Crippen LogP contribution in [0.1, 0.15) is 46.0 Å². The fraction of sp³-hybridized carbons (Fsp3) is 0.857. The average molecular weight is 317 g/mol. The Balaban J connectivity index is 1.86. The quantitative estimate of drug-likeness (QED) is 0.505. The Labute approximate surface area is 117 Å². The molecule has 2 spiro atoms. The van der Waals surface area contributed by atoms with Crippen molar-refractivity contribution in [2.24, 2.45) is 0 Å². The molecule has 2 saturated heterocycles. The van der Waals surface area contributed by atoms with E-state index in [1.54, 1.807) is 0 Å². The van der Waals surface area contributed by atoms with Crippen molar-refractivity contribution >= 4 is 15.9 Å². The zero-order chi connectivity index (χ0) is 12.9. The molecule has 0 amide bonds. The second-order valence-electron chi connectivity index (χ2n) is 6.15. The molecule has 0 saturated carbocycles. The maximum Gasteiger partial charge on any atom is 0.191 e. The second-order valence-corrected chi connectivity index (χ2v) is 7.14. The minimum atomic E-state index is -0.560. The maximum atomic E-state index is 6.33. The summed E-state index contributed by atoms with van der Waals surface area (Å²) in [6.45, 7) is 5.02. The van der Waals surface area contributed by atoms with Crippen molar-refractivity contribution in [3.05, 3.63) is 12.2 Å². The lowest BCUT2D eigenvalue weighted by Crippen LogP contribution is -2.54. The van der Waals surface area contributed by atoms with Gasteiger partial charge in [0, 0.05) is 12.8 Å². The van der Waals surface area contributed by atoms with Gasteiger partial charge in [0.2, 0.25) is 0 Å².